The Kier molecular flexibility index (Phi) is 5.18. The minimum Gasteiger partial charge on any atom is -0.313 e. The van der Waals surface area contributed by atoms with Crippen LogP contribution in [0.5, 0.6) is 0 Å². The first-order valence-electron chi connectivity index (χ1n) is 7.02. The second-order valence-electron chi connectivity index (χ2n) is 5.19. The van der Waals surface area contributed by atoms with Gasteiger partial charge >= 0.3 is 0 Å². The quantitative estimate of drug-likeness (QED) is 0.869. The van der Waals surface area contributed by atoms with E-state index in [1.54, 1.807) is 0 Å². The Bertz CT molecular complexity index is 358. The zero-order valence-corrected chi connectivity index (χ0v) is 12.9. The van der Waals surface area contributed by atoms with E-state index < -0.39 is 0 Å². The molecule has 18 heavy (non-hydrogen) atoms. The van der Waals surface area contributed by atoms with Gasteiger partial charge in [-0.15, -0.1) is 5.10 Å². The van der Waals surface area contributed by atoms with Crippen molar-refractivity contribution in [1.29, 1.82) is 0 Å². The van der Waals surface area contributed by atoms with Crippen LogP contribution in [0, 0.1) is 0 Å². The van der Waals surface area contributed by atoms with E-state index in [0.29, 0.717) is 12.0 Å². The number of nitrogens with zero attached hydrogens (tertiary/aromatic N) is 3. The topological polar surface area (TPSA) is 42.7 Å². The number of aromatic nitrogens is 3. The SMILES string of the molecule is CCCNC1CCCCCC1c1c(Br)nnn1C. The van der Waals surface area contributed by atoms with E-state index in [9.17, 15) is 0 Å². The minimum atomic E-state index is 0.536. The van der Waals surface area contributed by atoms with E-state index in [0.717, 1.165) is 11.1 Å². The van der Waals surface area contributed by atoms with Crippen LogP contribution in [0.2, 0.25) is 0 Å². The molecule has 1 aliphatic carbocycles. The normalized spacial score (nSPS) is 25.1. The Morgan fingerprint density at radius 3 is 2.78 bits per heavy atom. The van der Waals surface area contributed by atoms with Gasteiger partial charge in [0.1, 0.15) is 0 Å². The predicted molar refractivity (Wildman–Crippen MR) is 76.6 cm³/mol. The molecule has 0 saturated heterocycles. The molecule has 1 aliphatic rings. The Labute approximate surface area is 118 Å². The molecule has 5 heteroatoms. The first-order valence-corrected chi connectivity index (χ1v) is 7.81. The van der Waals surface area contributed by atoms with Gasteiger partial charge in [-0.3, -0.25) is 4.68 Å². The number of rotatable bonds is 4. The standard InChI is InChI=1S/C13H23BrN4/c1-3-9-15-11-8-6-4-5-7-10(11)12-13(14)16-17-18(12)2/h10-11,15H,3-9H2,1-2H3. The van der Waals surface area contributed by atoms with Crippen LogP contribution in [0.3, 0.4) is 0 Å². The van der Waals surface area contributed by atoms with Crippen molar-refractivity contribution in [2.45, 2.75) is 57.4 Å². The fraction of sp³-hybridized carbons (Fsp3) is 0.846. The third kappa shape index (κ3) is 3.12. The third-order valence-corrected chi connectivity index (χ3v) is 4.42. The monoisotopic (exact) mass is 314 g/mol. The summed E-state index contributed by atoms with van der Waals surface area (Å²) in [6.07, 6.45) is 7.69. The number of hydrogen-bond acceptors (Lipinski definition) is 3. The highest BCUT2D eigenvalue weighted by atomic mass is 79.9. The van der Waals surface area contributed by atoms with E-state index in [1.165, 1.54) is 44.2 Å². The lowest BCUT2D eigenvalue weighted by Crippen LogP contribution is -2.35. The van der Waals surface area contributed by atoms with Crippen LogP contribution in [0.1, 0.15) is 57.1 Å². The van der Waals surface area contributed by atoms with Crippen LogP contribution < -0.4 is 5.32 Å². The Morgan fingerprint density at radius 2 is 2.11 bits per heavy atom. The van der Waals surface area contributed by atoms with Crippen LogP contribution in [-0.4, -0.2) is 27.6 Å². The van der Waals surface area contributed by atoms with Gasteiger partial charge in [0.15, 0.2) is 4.60 Å². The molecule has 2 unspecified atom stereocenters. The summed E-state index contributed by atoms with van der Waals surface area (Å²) in [5, 5.41) is 12.0. The summed E-state index contributed by atoms with van der Waals surface area (Å²) >= 11 is 3.55. The molecule has 0 aliphatic heterocycles. The molecule has 0 aromatic carbocycles. The Balaban J connectivity index is 2.19. The molecule has 1 fully saturated rings. The lowest BCUT2D eigenvalue weighted by Gasteiger charge is -2.26. The summed E-state index contributed by atoms with van der Waals surface area (Å²) in [5.41, 5.74) is 1.26. The molecule has 1 N–H and O–H groups in total. The first kappa shape index (κ1) is 14.0. The zero-order valence-electron chi connectivity index (χ0n) is 11.3. The lowest BCUT2D eigenvalue weighted by atomic mass is 9.91. The van der Waals surface area contributed by atoms with Crippen LogP contribution in [0.15, 0.2) is 4.60 Å². The molecule has 2 atom stereocenters. The number of nitrogens with one attached hydrogen (secondary N) is 1. The van der Waals surface area contributed by atoms with Crippen molar-refractivity contribution < 1.29 is 0 Å². The molecular weight excluding hydrogens is 292 g/mol. The van der Waals surface area contributed by atoms with Gasteiger partial charge in [0, 0.05) is 19.0 Å². The summed E-state index contributed by atoms with van der Waals surface area (Å²) in [5.74, 6) is 0.536. The molecule has 0 amide bonds. The van der Waals surface area contributed by atoms with E-state index in [-0.39, 0.29) is 0 Å². The summed E-state index contributed by atoms with van der Waals surface area (Å²) < 4.78 is 2.85. The van der Waals surface area contributed by atoms with Gasteiger partial charge in [0.05, 0.1) is 5.69 Å². The van der Waals surface area contributed by atoms with Gasteiger partial charge in [-0.25, -0.2) is 0 Å². The molecule has 1 saturated carbocycles. The van der Waals surface area contributed by atoms with Crippen molar-refractivity contribution in [3.63, 3.8) is 0 Å². The highest BCUT2D eigenvalue weighted by Gasteiger charge is 2.29. The lowest BCUT2D eigenvalue weighted by molar-refractivity contribution is 0.394. The number of halogens is 1. The summed E-state index contributed by atoms with van der Waals surface area (Å²) in [6, 6.07) is 0.570. The summed E-state index contributed by atoms with van der Waals surface area (Å²) in [4.78, 5) is 0. The maximum absolute atomic E-state index is 4.14. The second-order valence-corrected chi connectivity index (χ2v) is 5.95. The first-order chi connectivity index (χ1) is 8.74. The minimum absolute atomic E-state index is 0.536. The molecule has 1 heterocycles. The fourth-order valence-corrected chi connectivity index (χ4v) is 3.56. The average molecular weight is 315 g/mol. The smallest absolute Gasteiger partial charge is 0.151 e. The molecule has 102 valence electrons. The van der Waals surface area contributed by atoms with Gasteiger partial charge in [-0.1, -0.05) is 31.4 Å². The Hall–Kier alpha value is -0.420. The maximum Gasteiger partial charge on any atom is 0.151 e. The van der Waals surface area contributed by atoms with Crippen LogP contribution >= 0.6 is 15.9 Å². The largest absolute Gasteiger partial charge is 0.313 e. The maximum atomic E-state index is 4.14. The highest BCUT2D eigenvalue weighted by molar-refractivity contribution is 9.10. The highest BCUT2D eigenvalue weighted by Crippen LogP contribution is 2.34. The van der Waals surface area contributed by atoms with Gasteiger partial charge in [0.25, 0.3) is 0 Å². The molecule has 1 aromatic rings. The molecule has 0 bridgehead atoms. The zero-order chi connectivity index (χ0) is 13.0. The van der Waals surface area contributed by atoms with Gasteiger partial charge in [-0.05, 0) is 41.7 Å². The molecule has 0 radical (unpaired) electrons. The molecule has 4 nitrogen and oxygen atoms in total. The molecule has 1 aromatic heterocycles. The van der Waals surface area contributed by atoms with E-state index in [1.807, 2.05) is 11.7 Å². The third-order valence-electron chi connectivity index (χ3n) is 3.85. The predicted octanol–water partition coefficient (Wildman–Crippen LogP) is 2.99. The Morgan fingerprint density at radius 1 is 1.33 bits per heavy atom. The van der Waals surface area contributed by atoms with E-state index >= 15 is 0 Å². The van der Waals surface area contributed by atoms with Crippen molar-refractivity contribution in [3.8, 4) is 0 Å². The van der Waals surface area contributed by atoms with E-state index in [2.05, 4.69) is 38.5 Å². The van der Waals surface area contributed by atoms with Crippen molar-refractivity contribution in [2.24, 2.45) is 7.05 Å². The van der Waals surface area contributed by atoms with Crippen molar-refractivity contribution in [2.75, 3.05) is 6.54 Å². The van der Waals surface area contributed by atoms with Crippen molar-refractivity contribution >= 4 is 15.9 Å². The van der Waals surface area contributed by atoms with Crippen molar-refractivity contribution in [3.05, 3.63) is 10.3 Å². The summed E-state index contributed by atoms with van der Waals surface area (Å²) in [6.45, 7) is 3.32. The van der Waals surface area contributed by atoms with Gasteiger partial charge in [-0.2, -0.15) is 0 Å². The number of hydrogen-bond donors (Lipinski definition) is 1. The second kappa shape index (κ2) is 6.66. The summed E-state index contributed by atoms with van der Waals surface area (Å²) in [7, 11) is 1.99. The fourth-order valence-electron chi connectivity index (χ4n) is 2.94. The number of aryl methyl sites for hydroxylation is 1. The van der Waals surface area contributed by atoms with Crippen molar-refractivity contribution in [1.82, 2.24) is 20.3 Å². The molecule has 2 rings (SSSR count). The average Bonchev–Trinajstić information content (AvgIpc) is 2.57. The van der Waals surface area contributed by atoms with Gasteiger partial charge < -0.3 is 5.32 Å². The van der Waals surface area contributed by atoms with E-state index in [4.69, 9.17) is 0 Å². The van der Waals surface area contributed by atoms with Crippen LogP contribution in [0.25, 0.3) is 0 Å². The molecular formula is C13H23BrN4. The molecule has 0 spiro atoms. The van der Waals surface area contributed by atoms with Crippen LogP contribution in [0.4, 0.5) is 0 Å². The van der Waals surface area contributed by atoms with Crippen LogP contribution in [-0.2, 0) is 7.05 Å². The van der Waals surface area contributed by atoms with Gasteiger partial charge in [0.2, 0.25) is 0 Å².